The van der Waals surface area contributed by atoms with E-state index in [0.29, 0.717) is 0 Å². The molecule has 0 N–H and O–H groups in total. The highest BCUT2D eigenvalue weighted by Gasteiger charge is 2.35. The van der Waals surface area contributed by atoms with Gasteiger partial charge in [-0.05, 0) is 45.2 Å². The van der Waals surface area contributed by atoms with Gasteiger partial charge in [0, 0.05) is 16.2 Å². The largest absolute Gasteiger partial charge is 0.150 e. The number of rotatable bonds is 1. The van der Waals surface area contributed by atoms with E-state index in [1.807, 2.05) is 4.80 Å². The van der Waals surface area contributed by atoms with Crippen LogP contribution in [-0.2, 0) is 5.41 Å². The van der Waals surface area contributed by atoms with Gasteiger partial charge in [0.2, 0.25) is 0 Å². The molecule has 0 unspecified atom stereocenters. The van der Waals surface area contributed by atoms with Gasteiger partial charge in [-0.3, -0.25) is 0 Å². The van der Waals surface area contributed by atoms with Crippen LogP contribution in [0.4, 0.5) is 0 Å². The van der Waals surface area contributed by atoms with Gasteiger partial charge in [0.1, 0.15) is 11.0 Å². The second-order valence-electron chi connectivity index (χ2n) is 9.18. The number of nitrogens with zero attached hydrogens (tertiary/aromatic N) is 3. The third-order valence-electron chi connectivity index (χ3n) is 7.07. The Morgan fingerprint density at radius 3 is 1.75 bits per heavy atom. The summed E-state index contributed by atoms with van der Waals surface area (Å²) >= 11 is 0. The third kappa shape index (κ3) is 2.20. The molecule has 0 radical (unpaired) electrons. The summed E-state index contributed by atoms with van der Waals surface area (Å²) in [6, 6.07) is 32.3. The minimum atomic E-state index is -0.0477. The van der Waals surface area contributed by atoms with Crippen molar-refractivity contribution in [3.8, 4) is 16.8 Å². The predicted molar refractivity (Wildman–Crippen MR) is 131 cm³/mol. The van der Waals surface area contributed by atoms with E-state index in [-0.39, 0.29) is 5.41 Å². The minimum Gasteiger partial charge on any atom is -0.150 e. The van der Waals surface area contributed by atoms with E-state index in [4.69, 9.17) is 10.2 Å². The highest BCUT2D eigenvalue weighted by atomic mass is 15.5. The molecule has 0 atom stereocenters. The number of hydrogen-bond donors (Lipinski definition) is 0. The van der Waals surface area contributed by atoms with Crippen molar-refractivity contribution in [2.45, 2.75) is 19.3 Å². The maximum Gasteiger partial charge on any atom is 0.122 e. The zero-order valence-electron chi connectivity index (χ0n) is 18.0. The summed E-state index contributed by atoms with van der Waals surface area (Å²) in [7, 11) is 0. The molecule has 7 rings (SSSR count). The fourth-order valence-electron chi connectivity index (χ4n) is 5.45. The Bertz CT molecular complexity index is 1630. The Morgan fingerprint density at radius 1 is 0.562 bits per heavy atom. The van der Waals surface area contributed by atoms with Gasteiger partial charge in [0.15, 0.2) is 0 Å². The molecular weight excluding hydrogens is 390 g/mol. The van der Waals surface area contributed by atoms with E-state index < -0.39 is 0 Å². The average molecular weight is 412 g/mol. The van der Waals surface area contributed by atoms with E-state index in [9.17, 15) is 0 Å². The van der Waals surface area contributed by atoms with Crippen molar-refractivity contribution >= 4 is 32.6 Å². The number of benzene rings is 5. The van der Waals surface area contributed by atoms with Gasteiger partial charge in [-0.25, -0.2) is 0 Å². The molecule has 3 heteroatoms. The molecule has 0 spiro atoms. The van der Waals surface area contributed by atoms with Crippen molar-refractivity contribution in [2.24, 2.45) is 0 Å². The first-order valence-electron chi connectivity index (χ1n) is 11.0. The quantitative estimate of drug-likeness (QED) is 0.272. The van der Waals surface area contributed by atoms with Crippen molar-refractivity contribution in [2.75, 3.05) is 0 Å². The lowest BCUT2D eigenvalue weighted by Crippen LogP contribution is -2.15. The first-order chi connectivity index (χ1) is 15.6. The summed E-state index contributed by atoms with van der Waals surface area (Å²) in [6.45, 7) is 4.60. The lowest BCUT2D eigenvalue weighted by atomic mass is 9.82. The summed E-state index contributed by atoms with van der Waals surface area (Å²) in [5.74, 6) is 0. The topological polar surface area (TPSA) is 30.7 Å². The van der Waals surface area contributed by atoms with E-state index in [2.05, 4.69) is 105 Å². The van der Waals surface area contributed by atoms with Crippen LogP contribution in [0, 0.1) is 0 Å². The Morgan fingerprint density at radius 2 is 1.09 bits per heavy atom. The van der Waals surface area contributed by atoms with Gasteiger partial charge < -0.3 is 0 Å². The fourth-order valence-corrected chi connectivity index (χ4v) is 5.45. The molecule has 1 heterocycles. The Kier molecular flexibility index (Phi) is 3.34. The summed E-state index contributed by atoms with van der Waals surface area (Å²) < 4.78 is 0. The van der Waals surface area contributed by atoms with Gasteiger partial charge in [-0.1, -0.05) is 92.7 Å². The molecule has 0 aliphatic heterocycles. The molecule has 0 fully saturated rings. The van der Waals surface area contributed by atoms with E-state index in [0.717, 1.165) is 27.5 Å². The van der Waals surface area contributed by atoms with Crippen LogP contribution in [0.1, 0.15) is 25.0 Å². The highest BCUT2D eigenvalue weighted by molar-refractivity contribution is 6.22. The Hall–Kier alpha value is -3.98. The van der Waals surface area contributed by atoms with Crippen LogP contribution in [0.2, 0.25) is 0 Å². The maximum absolute atomic E-state index is 4.99. The predicted octanol–water partition coefficient (Wildman–Crippen LogP) is 7.03. The molecule has 0 saturated carbocycles. The SMILES string of the molecule is CC1(C)c2ccccc2-c2ccc(-n3nc4c5ccccc5c5ccccc5c4n3)cc21. The normalized spacial score (nSPS) is 14.2. The van der Waals surface area contributed by atoms with Crippen LogP contribution >= 0.6 is 0 Å². The lowest BCUT2D eigenvalue weighted by molar-refractivity contribution is 0.657. The summed E-state index contributed by atoms with van der Waals surface area (Å²) in [4.78, 5) is 1.81. The first kappa shape index (κ1) is 17.7. The average Bonchev–Trinajstić information content (AvgIpc) is 3.38. The van der Waals surface area contributed by atoms with Gasteiger partial charge in [0.25, 0.3) is 0 Å². The van der Waals surface area contributed by atoms with Crippen molar-refractivity contribution in [3.05, 3.63) is 102 Å². The molecule has 152 valence electrons. The van der Waals surface area contributed by atoms with Gasteiger partial charge in [0.05, 0.1) is 5.69 Å². The van der Waals surface area contributed by atoms with Crippen molar-refractivity contribution < 1.29 is 0 Å². The molecule has 3 nitrogen and oxygen atoms in total. The van der Waals surface area contributed by atoms with Gasteiger partial charge >= 0.3 is 0 Å². The van der Waals surface area contributed by atoms with Crippen molar-refractivity contribution in [1.82, 2.24) is 15.0 Å². The van der Waals surface area contributed by atoms with Crippen LogP contribution in [0.5, 0.6) is 0 Å². The van der Waals surface area contributed by atoms with Crippen LogP contribution in [-0.4, -0.2) is 15.0 Å². The summed E-state index contributed by atoms with van der Waals surface area (Å²) in [5.41, 5.74) is 8.18. The zero-order valence-corrected chi connectivity index (χ0v) is 18.0. The number of hydrogen-bond acceptors (Lipinski definition) is 2. The molecule has 0 bridgehead atoms. The summed E-state index contributed by atoms with van der Waals surface area (Å²) in [5, 5.41) is 14.7. The minimum absolute atomic E-state index is 0.0477. The molecule has 6 aromatic rings. The second-order valence-corrected chi connectivity index (χ2v) is 9.18. The molecule has 1 aliphatic rings. The van der Waals surface area contributed by atoms with Crippen LogP contribution < -0.4 is 0 Å². The Balaban J connectivity index is 1.50. The molecular formula is C29H21N3. The van der Waals surface area contributed by atoms with E-state index >= 15 is 0 Å². The number of aromatic nitrogens is 3. The summed E-state index contributed by atoms with van der Waals surface area (Å²) in [6.07, 6.45) is 0. The monoisotopic (exact) mass is 411 g/mol. The highest BCUT2D eigenvalue weighted by Crippen LogP contribution is 2.49. The Labute approximate surface area is 185 Å². The standard InChI is InChI=1S/C29H21N3/c1-29(2)25-14-8-7-11-21(25)22-16-15-18(17-26(22)29)32-30-27-23-12-5-3-9-19(23)20-10-4-6-13-24(20)28(27)31-32/h3-17H,1-2H3. The van der Waals surface area contributed by atoms with Gasteiger partial charge in [-0.15, -0.1) is 10.2 Å². The molecule has 32 heavy (non-hydrogen) atoms. The van der Waals surface area contributed by atoms with Crippen molar-refractivity contribution in [1.29, 1.82) is 0 Å². The van der Waals surface area contributed by atoms with Crippen molar-refractivity contribution in [3.63, 3.8) is 0 Å². The zero-order chi connectivity index (χ0) is 21.4. The fraction of sp³-hybridized carbons (Fsp3) is 0.103. The first-order valence-corrected chi connectivity index (χ1v) is 11.0. The second kappa shape index (κ2) is 6.04. The van der Waals surface area contributed by atoms with Crippen LogP contribution in [0.25, 0.3) is 49.4 Å². The molecule has 5 aromatic carbocycles. The molecule has 1 aromatic heterocycles. The van der Waals surface area contributed by atoms with Crippen LogP contribution in [0.3, 0.4) is 0 Å². The van der Waals surface area contributed by atoms with E-state index in [1.165, 1.54) is 33.0 Å². The lowest BCUT2D eigenvalue weighted by Gasteiger charge is -2.21. The maximum atomic E-state index is 4.99. The molecule has 0 saturated heterocycles. The van der Waals surface area contributed by atoms with E-state index in [1.54, 1.807) is 0 Å². The smallest absolute Gasteiger partial charge is 0.122 e. The van der Waals surface area contributed by atoms with Gasteiger partial charge in [-0.2, -0.15) is 4.80 Å². The number of fused-ring (bicyclic) bond motifs is 9. The third-order valence-corrected chi connectivity index (χ3v) is 7.07. The van der Waals surface area contributed by atoms with Crippen LogP contribution in [0.15, 0.2) is 91.0 Å². The molecule has 0 amide bonds. The molecule has 1 aliphatic carbocycles.